The Bertz CT molecular complexity index is 1200. The van der Waals surface area contributed by atoms with Gasteiger partial charge in [-0.3, -0.25) is 19.2 Å². The molecule has 2 aromatic rings. The smallest absolute Gasteiger partial charge is 0.446 e. The van der Waals surface area contributed by atoms with Gasteiger partial charge in [0.05, 0.1) is 29.7 Å². The first-order valence-electron chi connectivity index (χ1n) is 9.83. The van der Waals surface area contributed by atoms with Crippen molar-refractivity contribution in [3.8, 4) is 5.75 Å². The van der Waals surface area contributed by atoms with Gasteiger partial charge in [0.25, 0.3) is 5.91 Å². The third-order valence-electron chi connectivity index (χ3n) is 4.06. The molecular formula is C21H24BrClF3N5O6. The van der Waals surface area contributed by atoms with E-state index in [0.717, 1.165) is 0 Å². The number of benzene rings is 2. The number of guanidine groups is 1. The average Bonchev–Trinajstić information content (AvgIpc) is 2.78. The van der Waals surface area contributed by atoms with Crippen LogP contribution in [0.5, 0.6) is 5.75 Å². The number of rotatable bonds is 8. The zero-order chi connectivity index (χ0) is 28.3. The number of aldehydes is 1. The Morgan fingerprint density at radius 3 is 2.38 bits per heavy atom. The van der Waals surface area contributed by atoms with E-state index in [1.807, 2.05) is 0 Å². The van der Waals surface area contributed by atoms with Crippen molar-refractivity contribution in [2.24, 2.45) is 16.5 Å². The summed E-state index contributed by atoms with van der Waals surface area (Å²) in [6.45, 7) is -0.441. The molecule has 0 aliphatic heterocycles. The molecule has 0 saturated carbocycles. The Kier molecular flexibility index (Phi) is 11.8. The second kappa shape index (κ2) is 14.0. The summed E-state index contributed by atoms with van der Waals surface area (Å²) in [6.07, 6.45) is -6.21. The molecule has 2 aromatic carbocycles. The van der Waals surface area contributed by atoms with Gasteiger partial charge in [0.2, 0.25) is 12.2 Å². The van der Waals surface area contributed by atoms with Crippen LogP contribution in [0.4, 0.5) is 18.9 Å². The molecular weight excluding hydrogens is 591 g/mol. The number of nitrogens with two attached hydrogens (primary N) is 2. The highest BCUT2D eigenvalue weighted by Gasteiger charge is 2.25. The fraction of sp³-hybridized carbons (Fsp3) is 0.190. The van der Waals surface area contributed by atoms with Crippen LogP contribution in [0.25, 0.3) is 0 Å². The highest BCUT2D eigenvalue weighted by atomic mass is 79.9. The SMILES string of the molecule is NC(N)=Nc1cccc(C(=O)NCC(=O)NC(CC(=O)O)c2cc(Br)cc(Cl)c2O)c1.O=CC(F)(F)F.[HH].[HH]. The minimum atomic E-state index is -4.64. The zero-order valence-corrected chi connectivity index (χ0v) is 20.9. The number of aliphatic imine (C=N–C) groups is 1. The Morgan fingerprint density at radius 2 is 1.84 bits per heavy atom. The van der Waals surface area contributed by atoms with Crippen LogP contribution >= 0.6 is 27.5 Å². The zero-order valence-electron chi connectivity index (χ0n) is 18.6. The summed E-state index contributed by atoms with van der Waals surface area (Å²) in [5.74, 6) is -2.96. The Morgan fingerprint density at radius 1 is 1.22 bits per heavy atom. The van der Waals surface area contributed by atoms with Gasteiger partial charge in [-0.15, -0.1) is 0 Å². The standard InChI is InChI=1S/C19H19BrClN5O5.C2HF3O.2H2/c20-10-5-12(17(30)13(21)6-10)14(7-16(28)29)26-15(27)8-24-18(31)9-2-1-3-11(4-9)25-19(22)23;3-2(4,5)1-6;;/h1-6,14,30H,7-8H2,(H,24,31)(H,26,27)(H,28,29)(H4,22,23,25);1H;2*1H. The molecule has 0 bridgehead atoms. The number of alkyl halides is 3. The third-order valence-corrected chi connectivity index (χ3v) is 4.80. The van der Waals surface area contributed by atoms with Gasteiger partial charge in [0.15, 0.2) is 5.96 Å². The van der Waals surface area contributed by atoms with Crippen LogP contribution in [0, 0.1) is 0 Å². The van der Waals surface area contributed by atoms with Gasteiger partial charge in [-0.2, -0.15) is 13.2 Å². The molecule has 8 N–H and O–H groups in total. The maximum Gasteiger partial charge on any atom is 0.446 e. The molecule has 0 aliphatic carbocycles. The molecule has 2 amide bonds. The number of phenols is 1. The third kappa shape index (κ3) is 11.6. The minimum Gasteiger partial charge on any atom is -0.506 e. The van der Waals surface area contributed by atoms with Gasteiger partial charge in [-0.05, 0) is 30.3 Å². The summed E-state index contributed by atoms with van der Waals surface area (Å²) in [4.78, 5) is 48.4. The molecule has 37 heavy (non-hydrogen) atoms. The number of nitrogens with one attached hydrogen (secondary N) is 2. The van der Waals surface area contributed by atoms with Crippen LogP contribution in [-0.2, 0) is 14.4 Å². The van der Waals surface area contributed by atoms with Crippen LogP contribution in [0.2, 0.25) is 5.02 Å². The molecule has 0 fully saturated rings. The number of nitrogens with zero attached hydrogens (tertiary/aromatic N) is 1. The van der Waals surface area contributed by atoms with Gasteiger partial charge in [0, 0.05) is 18.5 Å². The number of halogens is 5. The fourth-order valence-corrected chi connectivity index (χ4v) is 3.47. The summed E-state index contributed by atoms with van der Waals surface area (Å²) < 4.78 is 31.7. The molecule has 0 aliphatic rings. The van der Waals surface area contributed by atoms with Crippen LogP contribution in [0.15, 0.2) is 45.9 Å². The van der Waals surface area contributed by atoms with Crippen molar-refractivity contribution in [2.75, 3.05) is 6.54 Å². The van der Waals surface area contributed by atoms with Crippen molar-refractivity contribution in [1.82, 2.24) is 10.6 Å². The van der Waals surface area contributed by atoms with Gasteiger partial charge in [-0.25, -0.2) is 4.99 Å². The maximum atomic E-state index is 12.3. The normalized spacial score (nSPS) is 11.3. The fourth-order valence-electron chi connectivity index (χ4n) is 2.64. The summed E-state index contributed by atoms with van der Waals surface area (Å²) in [5.41, 5.74) is 11.3. The highest BCUT2D eigenvalue weighted by molar-refractivity contribution is 9.10. The number of carboxylic acids is 1. The van der Waals surface area contributed by atoms with E-state index >= 15 is 0 Å². The summed E-state index contributed by atoms with van der Waals surface area (Å²) >= 11 is 9.14. The van der Waals surface area contributed by atoms with Crippen molar-refractivity contribution in [2.45, 2.75) is 18.6 Å². The molecule has 0 saturated heterocycles. The van der Waals surface area contributed by atoms with E-state index in [-0.39, 0.29) is 30.7 Å². The number of carboxylic acid groups (broad SMARTS) is 1. The molecule has 0 heterocycles. The van der Waals surface area contributed by atoms with Crippen LogP contribution in [0.3, 0.4) is 0 Å². The summed E-state index contributed by atoms with van der Waals surface area (Å²) in [7, 11) is 0. The number of carbonyl (C=O) groups is 4. The van der Waals surface area contributed by atoms with Crippen LogP contribution < -0.4 is 22.1 Å². The predicted octanol–water partition coefficient (Wildman–Crippen LogP) is 3.01. The first-order chi connectivity index (χ1) is 17.1. The highest BCUT2D eigenvalue weighted by Crippen LogP contribution is 2.36. The topological polar surface area (TPSA) is 197 Å². The lowest BCUT2D eigenvalue weighted by Gasteiger charge is -2.19. The number of carbonyl (C=O) groups excluding carboxylic acids is 3. The average molecular weight is 615 g/mol. The lowest BCUT2D eigenvalue weighted by Crippen LogP contribution is -2.39. The largest absolute Gasteiger partial charge is 0.506 e. The van der Waals surface area contributed by atoms with Gasteiger partial charge in [0.1, 0.15) is 5.75 Å². The van der Waals surface area contributed by atoms with E-state index in [9.17, 15) is 32.7 Å². The van der Waals surface area contributed by atoms with Crippen LogP contribution in [0.1, 0.15) is 31.2 Å². The van der Waals surface area contributed by atoms with E-state index in [1.165, 1.54) is 24.3 Å². The summed E-state index contributed by atoms with van der Waals surface area (Å²) in [5, 5.41) is 24.2. The molecule has 0 spiro atoms. The lowest BCUT2D eigenvalue weighted by molar-refractivity contribution is -0.156. The molecule has 16 heteroatoms. The van der Waals surface area contributed by atoms with E-state index in [0.29, 0.717) is 10.2 Å². The molecule has 1 unspecified atom stereocenters. The quantitative estimate of drug-likeness (QED) is 0.148. The monoisotopic (exact) mass is 613 g/mol. The van der Waals surface area contributed by atoms with E-state index in [4.69, 9.17) is 33.0 Å². The Labute approximate surface area is 223 Å². The van der Waals surface area contributed by atoms with Crippen molar-refractivity contribution in [3.05, 3.63) is 57.0 Å². The number of aromatic hydroxyl groups is 1. The van der Waals surface area contributed by atoms with E-state index in [1.54, 1.807) is 12.1 Å². The van der Waals surface area contributed by atoms with Crippen molar-refractivity contribution < 1.29 is 45.4 Å². The van der Waals surface area contributed by atoms with Gasteiger partial charge in [-0.1, -0.05) is 33.6 Å². The van der Waals surface area contributed by atoms with E-state index < -0.39 is 49.3 Å². The number of amides is 2. The predicted molar refractivity (Wildman–Crippen MR) is 135 cm³/mol. The second-order valence-electron chi connectivity index (χ2n) is 6.97. The molecule has 1 atom stereocenters. The lowest BCUT2D eigenvalue weighted by atomic mass is 10.0. The van der Waals surface area contributed by atoms with Gasteiger partial charge >= 0.3 is 12.1 Å². The van der Waals surface area contributed by atoms with Gasteiger partial charge < -0.3 is 32.3 Å². The second-order valence-corrected chi connectivity index (χ2v) is 8.30. The van der Waals surface area contributed by atoms with Crippen molar-refractivity contribution >= 4 is 63.2 Å². The van der Waals surface area contributed by atoms with Crippen molar-refractivity contribution in [3.63, 3.8) is 0 Å². The Balaban J connectivity index is 0. The van der Waals surface area contributed by atoms with Crippen LogP contribution in [-0.4, -0.2) is 53.0 Å². The first-order valence-corrected chi connectivity index (χ1v) is 11.0. The van der Waals surface area contributed by atoms with Crippen molar-refractivity contribution in [1.29, 1.82) is 0 Å². The molecule has 204 valence electrons. The first kappa shape index (κ1) is 31.2. The molecule has 2 rings (SSSR count). The molecule has 0 aromatic heterocycles. The number of hydrogen-bond acceptors (Lipinski definition) is 6. The minimum absolute atomic E-state index is 0. The Hall–Kier alpha value is -3.85. The molecule has 0 radical (unpaired) electrons. The summed E-state index contributed by atoms with van der Waals surface area (Å²) in [6, 6.07) is 7.89. The number of aliphatic carboxylic acids is 1. The molecule has 11 nitrogen and oxygen atoms in total. The maximum absolute atomic E-state index is 12.3. The number of hydrogen-bond donors (Lipinski definition) is 6. The number of phenolic OH excluding ortho intramolecular Hbond substituents is 1. The van der Waals surface area contributed by atoms with E-state index in [2.05, 4.69) is 31.6 Å².